The topological polar surface area (TPSA) is 67.6 Å². The first kappa shape index (κ1) is 11.4. The van der Waals surface area contributed by atoms with Crippen LogP contribution in [0.1, 0.15) is 25.7 Å². The molecule has 0 radical (unpaired) electrons. The van der Waals surface area contributed by atoms with Crippen molar-refractivity contribution in [3.8, 4) is 0 Å². The highest BCUT2D eigenvalue weighted by Crippen LogP contribution is 2.37. The van der Waals surface area contributed by atoms with Crippen LogP contribution in [-0.2, 0) is 9.53 Å². The maximum absolute atomic E-state index is 11.9. The fourth-order valence-corrected chi connectivity index (χ4v) is 3.50. The predicted octanol–water partition coefficient (Wildman–Crippen LogP) is -0.543. The molecule has 96 valence electrons. The number of carbonyl (C=O) groups is 1. The second kappa shape index (κ2) is 4.23. The summed E-state index contributed by atoms with van der Waals surface area (Å²) in [5.74, 6) is 0.130. The van der Waals surface area contributed by atoms with Gasteiger partial charge in [0.2, 0.25) is 5.91 Å². The van der Waals surface area contributed by atoms with E-state index in [0.717, 1.165) is 45.4 Å². The molecule has 0 aromatic rings. The number of hydrogen-bond acceptors (Lipinski definition) is 4. The molecular formula is C12H21N3O2. The summed E-state index contributed by atoms with van der Waals surface area (Å²) in [5.41, 5.74) is 6.14. The van der Waals surface area contributed by atoms with E-state index in [4.69, 9.17) is 10.5 Å². The van der Waals surface area contributed by atoms with Gasteiger partial charge >= 0.3 is 0 Å². The minimum Gasteiger partial charge on any atom is -0.378 e. The summed E-state index contributed by atoms with van der Waals surface area (Å²) in [7, 11) is 0. The Morgan fingerprint density at radius 1 is 1.41 bits per heavy atom. The molecule has 1 unspecified atom stereocenters. The third kappa shape index (κ3) is 1.86. The molecular weight excluding hydrogens is 218 g/mol. The summed E-state index contributed by atoms with van der Waals surface area (Å²) in [5, 5.41) is 3.06. The Kier molecular flexibility index (Phi) is 2.84. The van der Waals surface area contributed by atoms with Gasteiger partial charge < -0.3 is 15.8 Å². The van der Waals surface area contributed by atoms with Crippen molar-refractivity contribution in [2.75, 3.05) is 26.3 Å². The zero-order chi connectivity index (χ0) is 11.9. The molecule has 3 N–H and O–H groups in total. The summed E-state index contributed by atoms with van der Waals surface area (Å²) in [6, 6.07) is 0.268. The zero-order valence-electron chi connectivity index (χ0n) is 10.2. The molecule has 3 rings (SSSR count). The van der Waals surface area contributed by atoms with Gasteiger partial charge in [-0.05, 0) is 25.7 Å². The van der Waals surface area contributed by atoms with Crippen LogP contribution in [0.2, 0.25) is 0 Å². The molecule has 1 amide bonds. The number of nitrogens with zero attached hydrogens (tertiary/aromatic N) is 1. The molecule has 0 bridgehead atoms. The maximum Gasteiger partial charge on any atom is 0.239 e. The van der Waals surface area contributed by atoms with Crippen LogP contribution in [0, 0.1) is 0 Å². The fraction of sp³-hybridized carbons (Fsp3) is 0.917. The van der Waals surface area contributed by atoms with Gasteiger partial charge in [0.1, 0.15) is 6.04 Å². The van der Waals surface area contributed by atoms with E-state index in [1.165, 1.54) is 0 Å². The first-order valence-corrected chi connectivity index (χ1v) is 6.59. The van der Waals surface area contributed by atoms with Crippen LogP contribution in [0.4, 0.5) is 0 Å². The van der Waals surface area contributed by atoms with E-state index in [-0.39, 0.29) is 17.5 Å². The van der Waals surface area contributed by atoms with Crippen LogP contribution in [0.25, 0.3) is 0 Å². The first-order chi connectivity index (χ1) is 8.21. The third-order valence-electron chi connectivity index (χ3n) is 4.59. The normalized spacial score (nSPS) is 43.2. The van der Waals surface area contributed by atoms with Gasteiger partial charge in [0, 0.05) is 24.7 Å². The number of amides is 1. The van der Waals surface area contributed by atoms with E-state index in [0.29, 0.717) is 12.6 Å². The Hall–Kier alpha value is -0.650. The van der Waals surface area contributed by atoms with Gasteiger partial charge in [-0.2, -0.15) is 0 Å². The largest absolute Gasteiger partial charge is 0.378 e. The smallest absolute Gasteiger partial charge is 0.239 e. The van der Waals surface area contributed by atoms with Crippen molar-refractivity contribution >= 4 is 5.91 Å². The minimum atomic E-state index is -0.0770. The molecule has 2 heterocycles. The van der Waals surface area contributed by atoms with Crippen LogP contribution in [0.3, 0.4) is 0 Å². The quantitative estimate of drug-likeness (QED) is 0.595. The lowest BCUT2D eigenvalue weighted by Gasteiger charge is -2.54. The van der Waals surface area contributed by atoms with Gasteiger partial charge in [0.15, 0.2) is 0 Å². The SMILES string of the molecule is NC1CCC2(CC1)CNC(=O)C1COCCN12. The summed E-state index contributed by atoms with van der Waals surface area (Å²) in [6.07, 6.45) is 4.34. The summed E-state index contributed by atoms with van der Waals surface area (Å²) in [6.45, 7) is 2.96. The van der Waals surface area contributed by atoms with Crippen molar-refractivity contribution < 1.29 is 9.53 Å². The van der Waals surface area contributed by atoms with E-state index in [1.807, 2.05) is 0 Å². The maximum atomic E-state index is 11.9. The number of carbonyl (C=O) groups excluding carboxylic acids is 1. The highest BCUT2D eigenvalue weighted by atomic mass is 16.5. The third-order valence-corrected chi connectivity index (χ3v) is 4.59. The molecule has 3 aliphatic rings. The van der Waals surface area contributed by atoms with Gasteiger partial charge in [-0.15, -0.1) is 0 Å². The number of hydrogen-bond donors (Lipinski definition) is 2. The van der Waals surface area contributed by atoms with Crippen molar-refractivity contribution in [2.24, 2.45) is 5.73 Å². The average molecular weight is 239 g/mol. The summed E-state index contributed by atoms with van der Waals surface area (Å²) >= 11 is 0. The van der Waals surface area contributed by atoms with Gasteiger partial charge in [-0.1, -0.05) is 0 Å². The van der Waals surface area contributed by atoms with E-state index in [2.05, 4.69) is 10.2 Å². The summed E-state index contributed by atoms with van der Waals surface area (Å²) < 4.78 is 5.44. The lowest BCUT2D eigenvalue weighted by atomic mass is 9.76. The molecule has 2 saturated heterocycles. The fourth-order valence-electron chi connectivity index (χ4n) is 3.50. The molecule has 1 spiro atoms. The second-order valence-corrected chi connectivity index (χ2v) is 5.56. The van der Waals surface area contributed by atoms with Crippen molar-refractivity contribution in [1.29, 1.82) is 0 Å². The minimum absolute atomic E-state index is 0.0770. The van der Waals surface area contributed by atoms with Crippen LogP contribution < -0.4 is 11.1 Å². The average Bonchev–Trinajstić information content (AvgIpc) is 2.38. The number of nitrogens with two attached hydrogens (primary N) is 1. The Morgan fingerprint density at radius 2 is 2.18 bits per heavy atom. The van der Waals surface area contributed by atoms with Gasteiger partial charge in [0.05, 0.1) is 13.2 Å². The molecule has 5 nitrogen and oxygen atoms in total. The molecule has 3 fully saturated rings. The Labute approximate surface area is 102 Å². The van der Waals surface area contributed by atoms with E-state index >= 15 is 0 Å². The standard InChI is InChI=1S/C12H21N3O2/c13-9-1-3-12(4-2-9)8-14-11(16)10-7-17-6-5-15(10)12/h9-10H,1-8,13H2,(H,14,16). The van der Waals surface area contributed by atoms with E-state index in [1.54, 1.807) is 0 Å². The number of piperazine rings is 1. The molecule has 1 saturated carbocycles. The van der Waals surface area contributed by atoms with Gasteiger partial charge in [-0.25, -0.2) is 0 Å². The van der Waals surface area contributed by atoms with Gasteiger partial charge in [-0.3, -0.25) is 9.69 Å². The number of ether oxygens (including phenoxy) is 1. The van der Waals surface area contributed by atoms with Crippen molar-refractivity contribution in [3.63, 3.8) is 0 Å². The number of rotatable bonds is 0. The van der Waals surface area contributed by atoms with Crippen molar-refractivity contribution in [3.05, 3.63) is 0 Å². The summed E-state index contributed by atoms with van der Waals surface area (Å²) in [4.78, 5) is 14.3. The highest BCUT2D eigenvalue weighted by Gasteiger charge is 2.49. The molecule has 0 aromatic carbocycles. The first-order valence-electron chi connectivity index (χ1n) is 6.59. The predicted molar refractivity (Wildman–Crippen MR) is 63.5 cm³/mol. The monoisotopic (exact) mass is 239 g/mol. The van der Waals surface area contributed by atoms with Crippen molar-refractivity contribution in [2.45, 2.75) is 43.3 Å². The van der Waals surface area contributed by atoms with Crippen LogP contribution in [0.5, 0.6) is 0 Å². The molecule has 1 atom stereocenters. The molecule has 2 aliphatic heterocycles. The lowest BCUT2D eigenvalue weighted by molar-refractivity contribution is -0.150. The van der Waals surface area contributed by atoms with E-state index < -0.39 is 0 Å². The lowest BCUT2D eigenvalue weighted by Crippen LogP contribution is -2.71. The Bertz CT molecular complexity index is 313. The van der Waals surface area contributed by atoms with E-state index in [9.17, 15) is 4.79 Å². The zero-order valence-corrected chi connectivity index (χ0v) is 10.2. The van der Waals surface area contributed by atoms with Crippen LogP contribution in [-0.4, -0.2) is 54.7 Å². The molecule has 17 heavy (non-hydrogen) atoms. The Balaban J connectivity index is 1.82. The molecule has 5 heteroatoms. The number of fused-ring (bicyclic) bond motifs is 2. The van der Waals surface area contributed by atoms with Crippen LogP contribution in [0.15, 0.2) is 0 Å². The number of morpholine rings is 1. The molecule has 0 aromatic heterocycles. The van der Waals surface area contributed by atoms with Gasteiger partial charge in [0.25, 0.3) is 0 Å². The highest BCUT2D eigenvalue weighted by molar-refractivity contribution is 5.83. The number of nitrogens with one attached hydrogen (secondary N) is 1. The second-order valence-electron chi connectivity index (χ2n) is 5.56. The van der Waals surface area contributed by atoms with Crippen LogP contribution >= 0.6 is 0 Å². The van der Waals surface area contributed by atoms with Crippen molar-refractivity contribution in [1.82, 2.24) is 10.2 Å². The molecule has 1 aliphatic carbocycles. The Morgan fingerprint density at radius 3 is 2.94 bits per heavy atom.